The Bertz CT molecular complexity index is 629. The average Bonchev–Trinajstić information content (AvgIpc) is 3.20. The number of hydrogen-bond donors (Lipinski definition) is 2. The first-order valence-electron chi connectivity index (χ1n) is 9.53. The molecule has 3 rings (SSSR count). The predicted molar refractivity (Wildman–Crippen MR) is 118 cm³/mol. The molecular formula is C20H30IN5O. The zero-order valence-corrected chi connectivity index (χ0v) is 18.3. The molecule has 7 heteroatoms. The summed E-state index contributed by atoms with van der Waals surface area (Å²) in [4.78, 5) is 6.92. The maximum absolute atomic E-state index is 8.86. The average molecular weight is 483 g/mol. The highest BCUT2D eigenvalue weighted by Gasteiger charge is 2.24. The molecule has 148 valence electrons. The Balaban J connectivity index is 0.00000261. The van der Waals surface area contributed by atoms with Gasteiger partial charge in [0.1, 0.15) is 0 Å². The van der Waals surface area contributed by atoms with Gasteiger partial charge in [-0.2, -0.15) is 5.26 Å². The molecule has 0 saturated carbocycles. The van der Waals surface area contributed by atoms with E-state index in [2.05, 4.69) is 26.6 Å². The molecule has 2 fully saturated rings. The third kappa shape index (κ3) is 6.94. The van der Waals surface area contributed by atoms with E-state index in [0.717, 1.165) is 56.6 Å². The lowest BCUT2D eigenvalue weighted by molar-refractivity contribution is 0.150. The zero-order chi connectivity index (χ0) is 18.2. The number of hydrogen-bond acceptors (Lipinski definition) is 4. The molecule has 27 heavy (non-hydrogen) atoms. The van der Waals surface area contributed by atoms with Crippen molar-refractivity contribution in [3.05, 3.63) is 35.4 Å². The van der Waals surface area contributed by atoms with E-state index in [0.29, 0.717) is 18.2 Å². The second-order valence-electron chi connectivity index (χ2n) is 7.18. The minimum absolute atomic E-state index is 0. The van der Waals surface area contributed by atoms with Crippen molar-refractivity contribution in [2.75, 3.05) is 39.9 Å². The zero-order valence-electron chi connectivity index (χ0n) is 16.0. The molecule has 2 aliphatic rings. The minimum atomic E-state index is 0. The summed E-state index contributed by atoms with van der Waals surface area (Å²) in [5.41, 5.74) is 1.83. The van der Waals surface area contributed by atoms with Crippen molar-refractivity contribution in [2.24, 2.45) is 10.9 Å². The van der Waals surface area contributed by atoms with Crippen molar-refractivity contribution >= 4 is 29.9 Å². The van der Waals surface area contributed by atoms with Gasteiger partial charge < -0.3 is 20.3 Å². The number of ether oxygens (including phenoxy) is 1. The largest absolute Gasteiger partial charge is 0.381 e. The summed E-state index contributed by atoms with van der Waals surface area (Å²) < 4.78 is 5.48. The van der Waals surface area contributed by atoms with E-state index < -0.39 is 0 Å². The summed E-state index contributed by atoms with van der Waals surface area (Å²) in [6.45, 7) is 6.03. The molecule has 2 N–H and O–H groups in total. The number of nitrogens with zero attached hydrogens (tertiary/aromatic N) is 3. The van der Waals surface area contributed by atoms with Crippen LogP contribution in [0.2, 0.25) is 0 Å². The van der Waals surface area contributed by atoms with Crippen molar-refractivity contribution in [2.45, 2.75) is 31.8 Å². The molecule has 1 atom stereocenters. The van der Waals surface area contributed by atoms with Crippen LogP contribution in [-0.2, 0) is 11.3 Å². The van der Waals surface area contributed by atoms with E-state index in [-0.39, 0.29) is 24.0 Å². The number of nitriles is 1. The molecule has 0 amide bonds. The summed E-state index contributed by atoms with van der Waals surface area (Å²) in [5.74, 6) is 1.57. The van der Waals surface area contributed by atoms with E-state index in [9.17, 15) is 0 Å². The number of guanidine groups is 1. The van der Waals surface area contributed by atoms with Crippen molar-refractivity contribution in [1.29, 1.82) is 5.26 Å². The Morgan fingerprint density at radius 1 is 1.26 bits per heavy atom. The van der Waals surface area contributed by atoms with Crippen LogP contribution in [0.3, 0.4) is 0 Å². The number of benzene rings is 1. The van der Waals surface area contributed by atoms with Crippen LogP contribution in [0.1, 0.15) is 30.4 Å². The lowest BCUT2D eigenvalue weighted by Crippen LogP contribution is -2.49. The van der Waals surface area contributed by atoms with Gasteiger partial charge in [0, 0.05) is 45.9 Å². The third-order valence-electron chi connectivity index (χ3n) is 5.24. The lowest BCUT2D eigenvalue weighted by Gasteiger charge is -2.34. The fraction of sp³-hybridized carbons (Fsp3) is 0.600. The van der Waals surface area contributed by atoms with Crippen molar-refractivity contribution in [3.63, 3.8) is 0 Å². The number of aliphatic imine (C=N–C) groups is 1. The first kappa shape index (κ1) is 21.9. The quantitative estimate of drug-likeness (QED) is 0.382. The van der Waals surface area contributed by atoms with E-state index >= 15 is 0 Å². The molecule has 1 aromatic rings. The molecule has 0 spiro atoms. The topological polar surface area (TPSA) is 72.7 Å². The standard InChI is InChI=1S/C20H29N5O.HI/c1-22-20(23-13-17-4-2-16(12-21)3-5-17)24-19-6-9-25(10-7-19)14-18-8-11-26-15-18;/h2-5,18-19H,6-11,13-15H2,1H3,(H2,22,23,24);1H. The van der Waals surface area contributed by atoms with Gasteiger partial charge in [-0.15, -0.1) is 24.0 Å². The highest BCUT2D eigenvalue weighted by molar-refractivity contribution is 14.0. The van der Waals surface area contributed by atoms with Crippen LogP contribution < -0.4 is 10.6 Å². The molecule has 0 aliphatic carbocycles. The molecule has 0 aromatic heterocycles. The molecule has 1 aromatic carbocycles. The van der Waals surface area contributed by atoms with E-state index in [1.165, 1.54) is 13.0 Å². The monoisotopic (exact) mass is 483 g/mol. The maximum atomic E-state index is 8.86. The number of halogens is 1. The lowest BCUT2D eigenvalue weighted by atomic mass is 10.0. The summed E-state index contributed by atoms with van der Waals surface area (Å²) >= 11 is 0. The smallest absolute Gasteiger partial charge is 0.191 e. The summed E-state index contributed by atoms with van der Waals surface area (Å²) in [7, 11) is 1.81. The van der Waals surface area contributed by atoms with E-state index in [1.54, 1.807) is 0 Å². The van der Waals surface area contributed by atoms with Gasteiger partial charge >= 0.3 is 0 Å². The molecule has 0 radical (unpaired) electrons. The van der Waals surface area contributed by atoms with E-state index in [4.69, 9.17) is 10.00 Å². The highest BCUT2D eigenvalue weighted by atomic mass is 127. The normalized spacial score (nSPS) is 21.3. The number of nitrogens with one attached hydrogen (secondary N) is 2. The number of likely N-dealkylation sites (tertiary alicyclic amines) is 1. The van der Waals surface area contributed by atoms with Crippen LogP contribution in [0, 0.1) is 17.2 Å². The van der Waals surface area contributed by atoms with Crippen LogP contribution in [0.5, 0.6) is 0 Å². The minimum Gasteiger partial charge on any atom is -0.381 e. The first-order valence-corrected chi connectivity index (χ1v) is 9.53. The molecule has 1 unspecified atom stereocenters. The Hall–Kier alpha value is -1.37. The predicted octanol–water partition coefficient (Wildman–Crippen LogP) is 2.34. The van der Waals surface area contributed by atoms with Gasteiger partial charge in [0.2, 0.25) is 0 Å². The summed E-state index contributed by atoms with van der Waals surface area (Å²) in [5, 5.41) is 15.8. The first-order chi connectivity index (χ1) is 12.8. The van der Waals surface area contributed by atoms with Gasteiger partial charge in [0.05, 0.1) is 18.2 Å². The maximum Gasteiger partial charge on any atom is 0.191 e. The molecule has 6 nitrogen and oxygen atoms in total. The molecule has 2 saturated heterocycles. The Labute approximate surface area is 179 Å². The van der Waals surface area contributed by atoms with Crippen LogP contribution in [0.15, 0.2) is 29.3 Å². The molecular weight excluding hydrogens is 453 g/mol. The highest BCUT2D eigenvalue weighted by Crippen LogP contribution is 2.17. The fourth-order valence-corrected chi connectivity index (χ4v) is 3.62. The molecule has 0 bridgehead atoms. The van der Waals surface area contributed by atoms with Crippen molar-refractivity contribution in [3.8, 4) is 6.07 Å². The van der Waals surface area contributed by atoms with Gasteiger partial charge in [0.15, 0.2) is 5.96 Å². The van der Waals surface area contributed by atoms with Gasteiger partial charge in [-0.25, -0.2) is 0 Å². The third-order valence-corrected chi connectivity index (χ3v) is 5.24. The Kier molecular flexibility index (Phi) is 9.31. The molecule has 2 heterocycles. The summed E-state index contributed by atoms with van der Waals surface area (Å²) in [6, 6.07) is 10.3. The van der Waals surface area contributed by atoms with Gasteiger partial charge in [-0.05, 0) is 42.9 Å². The van der Waals surface area contributed by atoms with Gasteiger partial charge in [-0.3, -0.25) is 4.99 Å². The Morgan fingerprint density at radius 2 is 2.00 bits per heavy atom. The Morgan fingerprint density at radius 3 is 2.59 bits per heavy atom. The fourth-order valence-electron chi connectivity index (χ4n) is 3.62. The second kappa shape index (κ2) is 11.5. The van der Waals surface area contributed by atoms with Crippen molar-refractivity contribution < 1.29 is 4.74 Å². The van der Waals surface area contributed by atoms with Crippen LogP contribution in [0.4, 0.5) is 0 Å². The number of piperidine rings is 1. The van der Waals surface area contributed by atoms with E-state index in [1.807, 2.05) is 31.3 Å². The van der Waals surface area contributed by atoms with Crippen molar-refractivity contribution in [1.82, 2.24) is 15.5 Å². The SMILES string of the molecule is CN=C(NCc1ccc(C#N)cc1)NC1CCN(CC2CCOC2)CC1.I. The number of rotatable bonds is 5. The molecule has 2 aliphatic heterocycles. The van der Waals surface area contributed by atoms with Gasteiger partial charge in [-0.1, -0.05) is 12.1 Å². The van der Waals surface area contributed by atoms with Gasteiger partial charge in [0.25, 0.3) is 0 Å². The second-order valence-corrected chi connectivity index (χ2v) is 7.18. The van der Waals surface area contributed by atoms with Crippen LogP contribution in [-0.4, -0.2) is 56.8 Å². The van der Waals surface area contributed by atoms with Crippen LogP contribution in [0.25, 0.3) is 0 Å². The van der Waals surface area contributed by atoms with Crippen LogP contribution >= 0.6 is 24.0 Å². The summed E-state index contributed by atoms with van der Waals surface area (Å²) in [6.07, 6.45) is 3.50.